The molecule has 3 aromatic heterocycles. The number of aromatic nitrogens is 4. The summed E-state index contributed by atoms with van der Waals surface area (Å²) in [5, 5.41) is 10.5. The molecule has 8 nitrogen and oxygen atoms in total. The fourth-order valence-electron chi connectivity index (χ4n) is 3.94. The minimum atomic E-state index is -0.616. The van der Waals surface area contributed by atoms with Gasteiger partial charge in [-0.3, -0.25) is 9.78 Å². The smallest absolute Gasteiger partial charge is 0.316 e. The van der Waals surface area contributed by atoms with E-state index in [2.05, 4.69) is 26.0 Å². The minimum absolute atomic E-state index is 0.212. The van der Waals surface area contributed by atoms with Crippen molar-refractivity contribution in [2.75, 3.05) is 6.54 Å². The van der Waals surface area contributed by atoms with Gasteiger partial charge in [-0.1, -0.05) is 24.3 Å². The molecule has 0 N–H and O–H groups in total. The predicted molar refractivity (Wildman–Crippen MR) is 127 cm³/mol. The monoisotopic (exact) mass is 470 g/mol. The van der Waals surface area contributed by atoms with Crippen molar-refractivity contribution in [3.05, 3.63) is 76.3 Å². The highest BCUT2D eigenvalue weighted by Gasteiger charge is 2.22. The molecular formula is C25H22N6O2S. The van der Waals surface area contributed by atoms with Crippen LogP contribution in [0.2, 0.25) is 0 Å². The van der Waals surface area contributed by atoms with Crippen molar-refractivity contribution < 1.29 is 9.53 Å². The lowest BCUT2D eigenvalue weighted by Crippen LogP contribution is -2.23. The summed E-state index contributed by atoms with van der Waals surface area (Å²) in [4.78, 5) is 31.3. The normalized spacial score (nSPS) is 14.4. The summed E-state index contributed by atoms with van der Waals surface area (Å²) >= 11 is 1.47. The molecule has 0 aliphatic carbocycles. The van der Waals surface area contributed by atoms with E-state index in [1.165, 1.54) is 11.3 Å². The highest BCUT2D eigenvalue weighted by atomic mass is 32.1. The standard InChI is InChI=1S/C25H22N6O2S/c1-16-23-21(9-11-27-16)34-24(30-23)19(13-26)20-8-10-28-25(29-20)33-15-18-6-4-17(5-7-18)14-31-12-2-3-22(31)32/h4-11,19H,2-3,12,14-15H2,1H3. The maximum atomic E-state index is 11.8. The lowest BCUT2D eigenvalue weighted by molar-refractivity contribution is -0.128. The average molecular weight is 471 g/mol. The van der Waals surface area contributed by atoms with Gasteiger partial charge in [0.1, 0.15) is 23.0 Å². The number of rotatable bonds is 7. The summed E-state index contributed by atoms with van der Waals surface area (Å²) in [6, 6.07) is 14.1. The molecule has 1 atom stereocenters. The number of carbonyl (C=O) groups excluding carboxylic acids is 1. The molecule has 1 fully saturated rings. The summed E-state index contributed by atoms with van der Waals surface area (Å²) in [5.41, 5.74) is 4.25. The number of pyridine rings is 1. The lowest BCUT2D eigenvalue weighted by atomic mass is 10.1. The van der Waals surface area contributed by atoms with Gasteiger partial charge in [-0.25, -0.2) is 9.97 Å². The van der Waals surface area contributed by atoms with Gasteiger partial charge >= 0.3 is 6.01 Å². The Balaban J connectivity index is 1.27. The molecule has 0 spiro atoms. The van der Waals surface area contributed by atoms with Gasteiger partial charge in [0.15, 0.2) is 0 Å². The van der Waals surface area contributed by atoms with Gasteiger partial charge in [-0.05, 0) is 36.6 Å². The lowest BCUT2D eigenvalue weighted by Gasteiger charge is -2.15. The largest absolute Gasteiger partial charge is 0.459 e. The van der Waals surface area contributed by atoms with Crippen molar-refractivity contribution in [1.82, 2.24) is 24.8 Å². The number of hydrogen-bond acceptors (Lipinski definition) is 8. The zero-order valence-corrected chi connectivity index (χ0v) is 19.5. The average Bonchev–Trinajstić information content (AvgIpc) is 3.46. The molecule has 0 bridgehead atoms. The zero-order chi connectivity index (χ0) is 23.5. The van der Waals surface area contributed by atoms with Crippen molar-refractivity contribution in [1.29, 1.82) is 5.26 Å². The molecule has 0 saturated carbocycles. The van der Waals surface area contributed by atoms with Crippen molar-refractivity contribution >= 4 is 27.5 Å². The van der Waals surface area contributed by atoms with Crippen LogP contribution in [-0.2, 0) is 17.9 Å². The number of amides is 1. The van der Waals surface area contributed by atoms with Gasteiger partial charge in [-0.2, -0.15) is 10.2 Å². The van der Waals surface area contributed by atoms with Gasteiger partial charge in [-0.15, -0.1) is 11.3 Å². The molecule has 1 aliphatic heterocycles. The van der Waals surface area contributed by atoms with E-state index in [4.69, 9.17) is 4.74 Å². The van der Waals surface area contributed by atoms with E-state index in [1.54, 1.807) is 18.5 Å². The zero-order valence-electron chi connectivity index (χ0n) is 18.6. The molecule has 1 amide bonds. The third-order valence-electron chi connectivity index (χ3n) is 5.77. The van der Waals surface area contributed by atoms with Crippen LogP contribution in [0.15, 0.2) is 48.8 Å². The molecule has 1 aliphatic rings. The van der Waals surface area contributed by atoms with E-state index < -0.39 is 5.92 Å². The Hall–Kier alpha value is -3.90. The van der Waals surface area contributed by atoms with E-state index in [1.807, 2.05) is 42.2 Å². The van der Waals surface area contributed by atoms with Gasteiger partial charge in [0, 0.05) is 31.9 Å². The number of nitrogens with zero attached hydrogens (tertiary/aromatic N) is 6. The molecule has 1 unspecified atom stereocenters. The molecule has 170 valence electrons. The van der Waals surface area contributed by atoms with E-state index in [0.29, 0.717) is 30.3 Å². The van der Waals surface area contributed by atoms with E-state index in [-0.39, 0.29) is 11.9 Å². The first-order valence-electron chi connectivity index (χ1n) is 11.0. The predicted octanol–water partition coefficient (Wildman–Crippen LogP) is 4.15. The van der Waals surface area contributed by atoms with Crippen molar-refractivity contribution in [3.8, 4) is 12.1 Å². The minimum Gasteiger partial charge on any atom is -0.459 e. The Morgan fingerprint density at radius 2 is 1.91 bits per heavy atom. The summed E-state index contributed by atoms with van der Waals surface area (Å²) in [5.74, 6) is -0.396. The van der Waals surface area contributed by atoms with Crippen LogP contribution in [0.5, 0.6) is 6.01 Å². The Morgan fingerprint density at radius 1 is 1.12 bits per heavy atom. The van der Waals surface area contributed by atoms with Gasteiger partial charge in [0.2, 0.25) is 5.91 Å². The molecule has 4 heterocycles. The Labute approximate surface area is 200 Å². The Morgan fingerprint density at radius 3 is 2.65 bits per heavy atom. The summed E-state index contributed by atoms with van der Waals surface area (Å²) in [6.45, 7) is 3.68. The van der Waals surface area contributed by atoms with E-state index in [0.717, 1.165) is 40.0 Å². The van der Waals surface area contributed by atoms with Gasteiger partial charge < -0.3 is 9.64 Å². The molecule has 0 radical (unpaired) electrons. The molecule has 1 saturated heterocycles. The number of nitriles is 1. The van der Waals surface area contributed by atoms with Crippen LogP contribution in [0.1, 0.15) is 46.3 Å². The van der Waals surface area contributed by atoms with Crippen LogP contribution < -0.4 is 4.74 Å². The van der Waals surface area contributed by atoms with Gasteiger partial charge in [0.25, 0.3) is 0 Å². The third kappa shape index (κ3) is 4.58. The molecule has 9 heteroatoms. The molecule has 5 rings (SSSR count). The molecule has 34 heavy (non-hydrogen) atoms. The van der Waals surface area contributed by atoms with Crippen LogP contribution in [-0.4, -0.2) is 37.3 Å². The van der Waals surface area contributed by atoms with Crippen LogP contribution in [0.3, 0.4) is 0 Å². The first-order valence-corrected chi connectivity index (χ1v) is 11.9. The first-order chi connectivity index (χ1) is 16.6. The number of likely N-dealkylation sites (tertiary alicyclic amines) is 1. The number of benzene rings is 1. The Kier molecular flexibility index (Phi) is 6.14. The number of fused-ring (bicyclic) bond motifs is 1. The van der Waals surface area contributed by atoms with E-state index >= 15 is 0 Å². The van der Waals surface area contributed by atoms with E-state index in [9.17, 15) is 10.1 Å². The topological polar surface area (TPSA) is 105 Å². The highest BCUT2D eigenvalue weighted by molar-refractivity contribution is 7.18. The van der Waals surface area contributed by atoms with Crippen LogP contribution in [0, 0.1) is 18.3 Å². The van der Waals surface area contributed by atoms with Crippen LogP contribution in [0.25, 0.3) is 10.2 Å². The number of ether oxygens (including phenoxy) is 1. The molecule has 1 aromatic carbocycles. The third-order valence-corrected chi connectivity index (χ3v) is 6.85. The van der Waals surface area contributed by atoms with Crippen LogP contribution >= 0.6 is 11.3 Å². The van der Waals surface area contributed by atoms with Crippen molar-refractivity contribution in [3.63, 3.8) is 0 Å². The second kappa shape index (κ2) is 9.53. The number of carbonyl (C=O) groups is 1. The fraction of sp³-hybridized carbons (Fsp3) is 0.280. The highest BCUT2D eigenvalue weighted by Crippen LogP contribution is 2.31. The second-order valence-electron chi connectivity index (χ2n) is 8.15. The first kappa shape index (κ1) is 21.9. The van der Waals surface area contributed by atoms with Crippen molar-refractivity contribution in [2.24, 2.45) is 0 Å². The summed E-state index contributed by atoms with van der Waals surface area (Å²) in [6.07, 6.45) is 4.92. The number of aryl methyl sites for hydroxylation is 1. The maximum absolute atomic E-state index is 11.8. The second-order valence-corrected chi connectivity index (χ2v) is 9.21. The number of hydrogen-bond donors (Lipinski definition) is 0. The molecule has 4 aromatic rings. The quantitative estimate of drug-likeness (QED) is 0.400. The Bertz CT molecular complexity index is 1380. The maximum Gasteiger partial charge on any atom is 0.316 e. The fourth-order valence-corrected chi connectivity index (χ4v) is 5.01. The molecular weight excluding hydrogens is 448 g/mol. The van der Waals surface area contributed by atoms with Crippen LogP contribution in [0.4, 0.5) is 0 Å². The van der Waals surface area contributed by atoms with Crippen molar-refractivity contribution in [2.45, 2.75) is 38.8 Å². The summed E-state index contributed by atoms with van der Waals surface area (Å²) in [7, 11) is 0. The van der Waals surface area contributed by atoms with Gasteiger partial charge in [0.05, 0.1) is 22.2 Å². The summed E-state index contributed by atoms with van der Waals surface area (Å²) < 4.78 is 6.80. The number of thiazole rings is 1. The SMILES string of the molecule is Cc1nccc2sc(C(C#N)c3ccnc(OCc4ccc(CN5CCCC5=O)cc4)n3)nc12.